The Labute approximate surface area is 194 Å². The Bertz CT molecular complexity index is 1400. The summed E-state index contributed by atoms with van der Waals surface area (Å²) in [4.78, 5) is 16.8. The summed E-state index contributed by atoms with van der Waals surface area (Å²) in [5.41, 5.74) is 3.08. The number of hydrogen-bond acceptors (Lipinski definition) is 8. The first kappa shape index (κ1) is 21.5. The number of ether oxygens (including phenoxy) is 1. The maximum atomic E-state index is 13.2. The monoisotopic (exact) mass is 481 g/mol. The molecule has 0 aliphatic carbocycles. The third-order valence-corrected chi connectivity index (χ3v) is 7.90. The second-order valence-electron chi connectivity index (χ2n) is 7.49. The number of fused-ring (bicyclic) bond motifs is 1. The summed E-state index contributed by atoms with van der Waals surface area (Å²) in [7, 11) is -3.76. The van der Waals surface area contributed by atoms with E-state index in [4.69, 9.17) is 9.26 Å². The number of esters is 1. The molecule has 0 spiro atoms. The number of carbonyl (C=O) groups is 1. The Kier molecular flexibility index (Phi) is 5.79. The lowest BCUT2D eigenvalue weighted by molar-refractivity contribution is 0.0459. The lowest BCUT2D eigenvalue weighted by Crippen LogP contribution is -2.36. The summed E-state index contributed by atoms with van der Waals surface area (Å²) >= 11 is 1.50. The quantitative estimate of drug-likeness (QED) is 0.385. The molecule has 0 amide bonds. The van der Waals surface area contributed by atoms with E-state index >= 15 is 0 Å². The lowest BCUT2D eigenvalue weighted by atomic mass is 10.0. The largest absolute Gasteiger partial charge is 0.454 e. The van der Waals surface area contributed by atoms with Crippen LogP contribution in [0.25, 0.3) is 11.5 Å². The Hall–Kier alpha value is -3.34. The highest BCUT2D eigenvalue weighted by Crippen LogP contribution is 2.25. The molecule has 0 saturated heterocycles. The topological polar surface area (TPSA) is 103 Å². The van der Waals surface area contributed by atoms with E-state index < -0.39 is 16.0 Å². The van der Waals surface area contributed by atoms with Gasteiger partial charge in [0.15, 0.2) is 6.61 Å². The summed E-state index contributed by atoms with van der Waals surface area (Å²) in [5.74, 6) is -0.100. The van der Waals surface area contributed by atoms with Gasteiger partial charge in [0.1, 0.15) is 0 Å². The first-order valence-electron chi connectivity index (χ1n) is 10.2. The summed E-state index contributed by atoms with van der Waals surface area (Å²) in [5, 5.41) is 7.58. The van der Waals surface area contributed by atoms with Gasteiger partial charge in [0.25, 0.3) is 5.89 Å². The first-order chi connectivity index (χ1) is 16.0. The Morgan fingerprint density at radius 2 is 1.97 bits per heavy atom. The fourth-order valence-corrected chi connectivity index (χ4v) is 5.73. The Morgan fingerprint density at radius 1 is 1.12 bits per heavy atom. The minimum absolute atomic E-state index is 0.0515. The van der Waals surface area contributed by atoms with Crippen molar-refractivity contribution >= 4 is 27.3 Å². The van der Waals surface area contributed by atoms with E-state index in [0.717, 1.165) is 16.7 Å². The highest BCUT2D eigenvalue weighted by molar-refractivity contribution is 7.89. The van der Waals surface area contributed by atoms with Crippen LogP contribution in [0.15, 0.2) is 74.8 Å². The van der Waals surface area contributed by atoms with E-state index in [-0.39, 0.29) is 22.9 Å². The predicted molar refractivity (Wildman–Crippen MR) is 121 cm³/mol. The van der Waals surface area contributed by atoms with E-state index in [1.165, 1.54) is 39.9 Å². The highest BCUT2D eigenvalue weighted by atomic mass is 32.2. The molecule has 0 atom stereocenters. The van der Waals surface area contributed by atoms with E-state index in [1.54, 1.807) is 0 Å². The van der Waals surface area contributed by atoms with Crippen LogP contribution >= 0.6 is 11.3 Å². The van der Waals surface area contributed by atoms with Crippen molar-refractivity contribution in [3.8, 4) is 11.5 Å². The summed E-state index contributed by atoms with van der Waals surface area (Å²) < 4.78 is 38.3. The molecular formula is C23H19N3O5S2. The van der Waals surface area contributed by atoms with Crippen molar-refractivity contribution in [1.82, 2.24) is 14.4 Å². The first-order valence-corrected chi connectivity index (χ1v) is 12.6. The zero-order chi connectivity index (χ0) is 22.8. The fraction of sp³-hybridized carbons (Fsp3) is 0.174. The number of aromatic nitrogens is 2. The van der Waals surface area contributed by atoms with Crippen LogP contribution < -0.4 is 0 Å². The number of sulfonamides is 1. The van der Waals surface area contributed by atoms with E-state index in [0.29, 0.717) is 25.4 Å². The van der Waals surface area contributed by atoms with Crippen molar-refractivity contribution in [3.05, 3.63) is 87.9 Å². The van der Waals surface area contributed by atoms with Crippen LogP contribution in [0.2, 0.25) is 0 Å². The van der Waals surface area contributed by atoms with Crippen molar-refractivity contribution < 1.29 is 22.5 Å². The lowest BCUT2D eigenvalue weighted by Gasteiger charge is -2.28. The molecule has 0 radical (unpaired) electrons. The van der Waals surface area contributed by atoms with E-state index in [2.05, 4.69) is 10.1 Å². The predicted octanol–water partition coefficient (Wildman–Crippen LogP) is 3.90. The molecule has 33 heavy (non-hydrogen) atoms. The maximum Gasteiger partial charge on any atom is 0.338 e. The zero-order valence-electron chi connectivity index (χ0n) is 17.4. The van der Waals surface area contributed by atoms with Gasteiger partial charge in [-0.2, -0.15) is 20.6 Å². The molecule has 168 valence electrons. The smallest absolute Gasteiger partial charge is 0.338 e. The van der Waals surface area contributed by atoms with Crippen LogP contribution in [0, 0.1) is 0 Å². The van der Waals surface area contributed by atoms with Crippen LogP contribution in [-0.4, -0.2) is 35.4 Å². The van der Waals surface area contributed by atoms with Crippen molar-refractivity contribution in [2.75, 3.05) is 6.54 Å². The van der Waals surface area contributed by atoms with Crippen LogP contribution in [0.1, 0.15) is 27.3 Å². The van der Waals surface area contributed by atoms with Gasteiger partial charge >= 0.3 is 5.97 Å². The Balaban J connectivity index is 1.28. The molecule has 0 unspecified atom stereocenters. The van der Waals surface area contributed by atoms with Gasteiger partial charge < -0.3 is 9.26 Å². The van der Waals surface area contributed by atoms with Gasteiger partial charge in [0.2, 0.25) is 15.8 Å². The van der Waals surface area contributed by atoms with Gasteiger partial charge in [-0.15, -0.1) is 0 Å². The number of nitrogens with zero attached hydrogens (tertiary/aromatic N) is 3. The minimum atomic E-state index is -3.76. The zero-order valence-corrected chi connectivity index (χ0v) is 19.0. The van der Waals surface area contributed by atoms with Gasteiger partial charge in [-0.25, -0.2) is 13.2 Å². The molecule has 0 N–H and O–H groups in total. The van der Waals surface area contributed by atoms with Crippen molar-refractivity contribution in [3.63, 3.8) is 0 Å². The number of carbonyl (C=O) groups excluding carboxylic acids is 1. The molecule has 0 saturated carbocycles. The molecule has 0 fully saturated rings. The fourth-order valence-electron chi connectivity index (χ4n) is 3.64. The van der Waals surface area contributed by atoms with Gasteiger partial charge in [-0.1, -0.05) is 35.5 Å². The van der Waals surface area contributed by atoms with Gasteiger partial charge in [0, 0.05) is 18.5 Å². The number of thiophene rings is 1. The van der Waals surface area contributed by atoms with Crippen LogP contribution in [0.5, 0.6) is 0 Å². The molecule has 4 aromatic rings. The Morgan fingerprint density at radius 3 is 2.79 bits per heavy atom. The number of benzene rings is 2. The molecule has 3 heterocycles. The molecule has 1 aliphatic rings. The average molecular weight is 482 g/mol. The minimum Gasteiger partial charge on any atom is -0.454 e. The van der Waals surface area contributed by atoms with E-state index in [1.807, 2.05) is 41.1 Å². The molecule has 10 heteroatoms. The van der Waals surface area contributed by atoms with Gasteiger partial charge in [-0.05, 0) is 47.2 Å². The van der Waals surface area contributed by atoms with Gasteiger partial charge in [-0.3, -0.25) is 0 Å². The van der Waals surface area contributed by atoms with Crippen molar-refractivity contribution in [1.29, 1.82) is 0 Å². The maximum absolute atomic E-state index is 13.2. The SMILES string of the molecule is O=C(OCc1noc(-c2ccsc2)n1)c1cccc(S(=O)(=O)N2CCc3ccccc3C2)c1. The number of rotatable bonds is 6. The second-order valence-corrected chi connectivity index (χ2v) is 10.2. The second kappa shape index (κ2) is 8.89. The normalized spacial score (nSPS) is 14.1. The van der Waals surface area contributed by atoms with Crippen LogP contribution in [0.3, 0.4) is 0 Å². The summed E-state index contributed by atoms with van der Waals surface area (Å²) in [6, 6.07) is 15.5. The van der Waals surface area contributed by atoms with Gasteiger partial charge in [0.05, 0.1) is 16.0 Å². The highest BCUT2D eigenvalue weighted by Gasteiger charge is 2.28. The molecule has 0 bridgehead atoms. The van der Waals surface area contributed by atoms with E-state index in [9.17, 15) is 13.2 Å². The van der Waals surface area contributed by atoms with Crippen molar-refractivity contribution in [2.24, 2.45) is 0 Å². The standard InChI is InChI=1S/C23H19N3O5S2/c27-23(30-14-21-24-22(31-25-21)19-9-11-32-15-19)17-6-3-7-20(12-17)33(28,29)26-10-8-16-4-1-2-5-18(16)13-26/h1-7,9,11-12,15H,8,10,13-14H2. The molecule has 2 aromatic heterocycles. The third-order valence-electron chi connectivity index (χ3n) is 5.37. The average Bonchev–Trinajstić information content (AvgIpc) is 3.54. The molecule has 5 rings (SSSR count). The van der Waals surface area contributed by atoms with Crippen LogP contribution in [0.4, 0.5) is 0 Å². The van der Waals surface area contributed by atoms with Crippen molar-refractivity contribution in [2.45, 2.75) is 24.5 Å². The molecule has 2 aromatic carbocycles. The molecule has 8 nitrogen and oxygen atoms in total. The molecule has 1 aliphatic heterocycles. The number of hydrogen-bond donors (Lipinski definition) is 0. The molecular weight excluding hydrogens is 462 g/mol. The summed E-state index contributed by atoms with van der Waals surface area (Å²) in [6.45, 7) is 0.502. The van der Waals surface area contributed by atoms with Crippen LogP contribution in [-0.2, 0) is 34.3 Å². The summed E-state index contributed by atoms with van der Waals surface area (Å²) in [6.07, 6.45) is 0.648. The third kappa shape index (κ3) is 4.45.